The number of aromatic nitrogens is 2. The Kier molecular flexibility index (Phi) is 4.68. The SMILES string of the molecule is CSc1cccc(NCCc2nccn2C)c1C(=O)O. The molecule has 1 aromatic carbocycles. The predicted octanol–water partition coefficient (Wildman–Crippen LogP) is 2.49. The Bertz CT molecular complexity index is 610. The number of imidazole rings is 1. The number of nitrogens with zero attached hydrogens (tertiary/aromatic N) is 2. The Labute approximate surface area is 122 Å². The molecule has 20 heavy (non-hydrogen) atoms. The number of hydrogen-bond acceptors (Lipinski definition) is 4. The number of carboxylic acid groups (broad SMARTS) is 1. The summed E-state index contributed by atoms with van der Waals surface area (Å²) >= 11 is 1.43. The molecule has 0 aliphatic carbocycles. The van der Waals surface area contributed by atoms with Crippen LogP contribution in [0.2, 0.25) is 0 Å². The lowest BCUT2D eigenvalue weighted by molar-refractivity contribution is 0.0694. The average Bonchev–Trinajstić information content (AvgIpc) is 2.84. The Morgan fingerprint density at radius 2 is 2.30 bits per heavy atom. The molecule has 106 valence electrons. The molecule has 0 spiro atoms. The molecule has 0 amide bonds. The first-order valence-corrected chi connectivity index (χ1v) is 7.46. The van der Waals surface area contributed by atoms with Crippen LogP contribution in [0, 0.1) is 0 Å². The second-order valence-electron chi connectivity index (χ2n) is 4.32. The molecule has 2 aromatic rings. The van der Waals surface area contributed by atoms with Gasteiger partial charge in [-0.15, -0.1) is 11.8 Å². The van der Waals surface area contributed by atoms with E-state index >= 15 is 0 Å². The number of rotatable bonds is 6. The molecule has 2 N–H and O–H groups in total. The van der Waals surface area contributed by atoms with Crippen LogP contribution in [0.1, 0.15) is 16.2 Å². The number of carbonyl (C=O) groups is 1. The third-order valence-electron chi connectivity index (χ3n) is 3.05. The van der Waals surface area contributed by atoms with Crippen molar-refractivity contribution in [3.05, 3.63) is 42.0 Å². The van der Waals surface area contributed by atoms with Crippen LogP contribution in [-0.4, -0.2) is 33.4 Å². The molecule has 0 fully saturated rings. The standard InChI is InChI=1S/C14H17N3O2S/c1-17-9-8-16-12(17)6-7-15-10-4-3-5-11(20-2)13(10)14(18)19/h3-5,8-9,15H,6-7H2,1-2H3,(H,18,19). The van der Waals surface area contributed by atoms with Gasteiger partial charge in [-0.25, -0.2) is 9.78 Å². The molecular weight excluding hydrogens is 274 g/mol. The van der Waals surface area contributed by atoms with Crippen molar-refractivity contribution in [2.45, 2.75) is 11.3 Å². The monoisotopic (exact) mass is 291 g/mol. The summed E-state index contributed by atoms with van der Waals surface area (Å²) < 4.78 is 1.96. The number of thioether (sulfide) groups is 1. The zero-order chi connectivity index (χ0) is 14.5. The summed E-state index contributed by atoms with van der Waals surface area (Å²) in [4.78, 5) is 16.4. The van der Waals surface area contributed by atoms with Crippen LogP contribution in [0.5, 0.6) is 0 Å². The Hall–Kier alpha value is -1.95. The average molecular weight is 291 g/mol. The lowest BCUT2D eigenvalue weighted by Gasteiger charge is -2.12. The van der Waals surface area contributed by atoms with Crippen molar-refractivity contribution in [3.8, 4) is 0 Å². The minimum Gasteiger partial charge on any atom is -0.478 e. The summed E-state index contributed by atoms with van der Waals surface area (Å²) in [6, 6.07) is 5.47. The van der Waals surface area contributed by atoms with Crippen LogP contribution in [0.4, 0.5) is 5.69 Å². The first kappa shape index (κ1) is 14.5. The van der Waals surface area contributed by atoms with Crippen LogP contribution in [0.3, 0.4) is 0 Å². The van der Waals surface area contributed by atoms with Gasteiger partial charge in [0.2, 0.25) is 0 Å². The van der Waals surface area contributed by atoms with Gasteiger partial charge in [0, 0.05) is 43.0 Å². The van der Waals surface area contributed by atoms with E-state index in [2.05, 4.69) is 10.3 Å². The summed E-state index contributed by atoms with van der Waals surface area (Å²) in [5.74, 6) is 0.0600. The molecular formula is C14H17N3O2S. The van der Waals surface area contributed by atoms with E-state index in [0.29, 0.717) is 17.8 Å². The topological polar surface area (TPSA) is 67.2 Å². The van der Waals surface area contributed by atoms with Gasteiger partial charge in [-0.2, -0.15) is 0 Å². The van der Waals surface area contributed by atoms with Crippen molar-refractivity contribution >= 4 is 23.4 Å². The second-order valence-corrected chi connectivity index (χ2v) is 5.17. The van der Waals surface area contributed by atoms with Crippen LogP contribution in [-0.2, 0) is 13.5 Å². The van der Waals surface area contributed by atoms with Crippen molar-refractivity contribution in [1.29, 1.82) is 0 Å². The first-order chi connectivity index (χ1) is 9.63. The molecule has 0 saturated carbocycles. The molecule has 0 bridgehead atoms. The van der Waals surface area contributed by atoms with Gasteiger partial charge in [-0.3, -0.25) is 0 Å². The van der Waals surface area contributed by atoms with E-state index in [-0.39, 0.29) is 0 Å². The number of aryl methyl sites for hydroxylation is 1. The minimum absolute atomic E-state index is 0.333. The molecule has 2 rings (SSSR count). The lowest BCUT2D eigenvalue weighted by atomic mass is 10.1. The molecule has 0 radical (unpaired) electrons. The van der Waals surface area contributed by atoms with E-state index in [4.69, 9.17) is 0 Å². The van der Waals surface area contributed by atoms with Gasteiger partial charge in [0.1, 0.15) is 5.82 Å². The zero-order valence-electron chi connectivity index (χ0n) is 11.5. The zero-order valence-corrected chi connectivity index (χ0v) is 12.3. The van der Waals surface area contributed by atoms with Crippen LogP contribution in [0.25, 0.3) is 0 Å². The fourth-order valence-electron chi connectivity index (χ4n) is 2.02. The Balaban J connectivity index is 2.09. The van der Waals surface area contributed by atoms with E-state index < -0.39 is 5.97 Å². The summed E-state index contributed by atoms with van der Waals surface area (Å²) in [6.07, 6.45) is 6.27. The van der Waals surface area contributed by atoms with Crippen LogP contribution < -0.4 is 5.32 Å². The van der Waals surface area contributed by atoms with Gasteiger partial charge >= 0.3 is 5.97 Å². The quantitative estimate of drug-likeness (QED) is 0.800. The highest BCUT2D eigenvalue weighted by Crippen LogP contribution is 2.27. The molecule has 1 heterocycles. The van der Waals surface area contributed by atoms with Gasteiger partial charge in [0.25, 0.3) is 0 Å². The largest absolute Gasteiger partial charge is 0.478 e. The lowest BCUT2D eigenvalue weighted by Crippen LogP contribution is -2.12. The fraction of sp³-hybridized carbons (Fsp3) is 0.286. The van der Waals surface area contributed by atoms with Crippen molar-refractivity contribution < 1.29 is 9.90 Å². The number of hydrogen-bond donors (Lipinski definition) is 2. The van der Waals surface area contributed by atoms with Crippen LogP contribution in [0.15, 0.2) is 35.5 Å². The van der Waals surface area contributed by atoms with Crippen LogP contribution >= 0.6 is 11.8 Å². The maximum Gasteiger partial charge on any atom is 0.338 e. The number of carboxylic acids is 1. The van der Waals surface area contributed by atoms with Crippen molar-refractivity contribution in [2.75, 3.05) is 18.1 Å². The van der Waals surface area contributed by atoms with Gasteiger partial charge < -0.3 is 15.0 Å². The molecule has 0 atom stereocenters. The van der Waals surface area contributed by atoms with E-state index in [1.807, 2.05) is 36.2 Å². The number of anilines is 1. The van der Waals surface area contributed by atoms with Crippen molar-refractivity contribution in [2.24, 2.45) is 7.05 Å². The Morgan fingerprint density at radius 1 is 1.50 bits per heavy atom. The third kappa shape index (κ3) is 3.14. The smallest absolute Gasteiger partial charge is 0.338 e. The van der Waals surface area contributed by atoms with Gasteiger partial charge in [0.15, 0.2) is 0 Å². The van der Waals surface area contributed by atoms with E-state index in [0.717, 1.165) is 17.1 Å². The molecule has 6 heteroatoms. The van der Waals surface area contributed by atoms with E-state index in [9.17, 15) is 9.90 Å². The highest BCUT2D eigenvalue weighted by Gasteiger charge is 2.14. The third-order valence-corrected chi connectivity index (χ3v) is 3.83. The van der Waals surface area contributed by atoms with Gasteiger partial charge in [-0.1, -0.05) is 6.07 Å². The molecule has 0 aliphatic heterocycles. The molecule has 0 aliphatic rings. The van der Waals surface area contributed by atoms with E-state index in [1.54, 1.807) is 12.3 Å². The summed E-state index contributed by atoms with van der Waals surface area (Å²) in [5.41, 5.74) is 0.985. The maximum absolute atomic E-state index is 11.4. The fourth-order valence-corrected chi connectivity index (χ4v) is 2.63. The van der Waals surface area contributed by atoms with Gasteiger partial charge in [-0.05, 0) is 18.4 Å². The summed E-state index contributed by atoms with van der Waals surface area (Å²) in [5, 5.41) is 12.5. The predicted molar refractivity (Wildman–Crippen MR) is 80.6 cm³/mol. The Morgan fingerprint density at radius 3 is 2.90 bits per heavy atom. The second kappa shape index (κ2) is 6.47. The van der Waals surface area contributed by atoms with E-state index in [1.165, 1.54) is 11.8 Å². The van der Waals surface area contributed by atoms with Crippen molar-refractivity contribution in [1.82, 2.24) is 9.55 Å². The first-order valence-electron chi connectivity index (χ1n) is 6.24. The van der Waals surface area contributed by atoms with Gasteiger partial charge in [0.05, 0.1) is 5.56 Å². The molecule has 5 nitrogen and oxygen atoms in total. The summed E-state index contributed by atoms with van der Waals surface area (Å²) in [7, 11) is 1.94. The number of benzene rings is 1. The van der Waals surface area contributed by atoms with Crippen molar-refractivity contribution in [3.63, 3.8) is 0 Å². The number of nitrogens with one attached hydrogen (secondary N) is 1. The molecule has 0 saturated heterocycles. The molecule has 0 unspecified atom stereocenters. The highest BCUT2D eigenvalue weighted by atomic mass is 32.2. The normalized spacial score (nSPS) is 10.5. The maximum atomic E-state index is 11.4. The highest BCUT2D eigenvalue weighted by molar-refractivity contribution is 7.98. The summed E-state index contributed by atoms with van der Waals surface area (Å²) in [6.45, 7) is 0.642. The molecule has 1 aromatic heterocycles. The minimum atomic E-state index is -0.908. The number of aromatic carboxylic acids is 1.